The third kappa shape index (κ3) is 2.77. The van der Waals surface area contributed by atoms with Gasteiger partial charge in [-0.25, -0.2) is 0 Å². The highest BCUT2D eigenvalue weighted by molar-refractivity contribution is 5.29. The summed E-state index contributed by atoms with van der Waals surface area (Å²) in [6, 6.07) is 0. The molecule has 0 N–H and O–H groups in total. The predicted molar refractivity (Wildman–Crippen MR) is 51.1 cm³/mol. The Kier molecular flexibility index (Phi) is 3.55. The van der Waals surface area contributed by atoms with Gasteiger partial charge in [0.1, 0.15) is 6.61 Å². The topological polar surface area (TPSA) is 9.23 Å². The van der Waals surface area contributed by atoms with Crippen molar-refractivity contribution in [3.8, 4) is 0 Å². The number of hydrogen-bond donors (Lipinski definition) is 0. The average molecular weight is 310 g/mol. The van der Waals surface area contributed by atoms with Crippen LogP contribution in [0.2, 0.25) is 0 Å². The lowest BCUT2D eigenvalue weighted by atomic mass is 9.91. The summed E-state index contributed by atoms with van der Waals surface area (Å²) >= 11 is 0. The van der Waals surface area contributed by atoms with Crippen molar-refractivity contribution in [1.82, 2.24) is 0 Å². The van der Waals surface area contributed by atoms with Crippen molar-refractivity contribution in [3.63, 3.8) is 0 Å². The minimum atomic E-state index is -5.69. The van der Waals surface area contributed by atoms with Gasteiger partial charge in [0.2, 0.25) is 0 Å². The molecule has 0 unspecified atom stereocenters. The van der Waals surface area contributed by atoms with Gasteiger partial charge in [0.15, 0.2) is 0 Å². The second-order valence-corrected chi connectivity index (χ2v) is 4.99. The molecule has 1 saturated carbocycles. The van der Waals surface area contributed by atoms with Crippen LogP contribution in [0.3, 0.4) is 0 Å². The highest BCUT2D eigenvalue weighted by Crippen LogP contribution is 2.54. The monoisotopic (exact) mass is 310 g/mol. The fourth-order valence-corrected chi connectivity index (χ4v) is 2.75. The number of allylic oxidation sites excluding steroid dienone is 1. The molecule has 1 fully saturated rings. The van der Waals surface area contributed by atoms with Gasteiger partial charge in [0.05, 0.1) is 6.10 Å². The van der Waals surface area contributed by atoms with Crippen molar-refractivity contribution in [2.75, 3.05) is 6.61 Å². The summed E-state index contributed by atoms with van der Waals surface area (Å²) in [5.74, 6) is -6.82. The van der Waals surface area contributed by atoms with Crippen LogP contribution in [0.5, 0.6) is 0 Å². The predicted octanol–water partition coefficient (Wildman–Crippen LogP) is 4.10. The van der Waals surface area contributed by atoms with Crippen molar-refractivity contribution in [2.24, 2.45) is 11.8 Å². The van der Waals surface area contributed by atoms with Gasteiger partial charge in [-0.05, 0) is 18.8 Å². The molecule has 0 aromatic rings. The van der Waals surface area contributed by atoms with Crippen molar-refractivity contribution >= 4 is 0 Å². The SMILES string of the molecule is FC(F)(F)CO[C@@H]1C[C@@H]2C[C@H]1C=C2C(F)(F)C(F)(F)F. The van der Waals surface area contributed by atoms with Gasteiger partial charge in [-0.15, -0.1) is 0 Å². The van der Waals surface area contributed by atoms with Gasteiger partial charge in [-0.2, -0.15) is 35.1 Å². The number of ether oxygens (including phenoxy) is 1. The van der Waals surface area contributed by atoms with Gasteiger partial charge in [0.25, 0.3) is 0 Å². The lowest BCUT2D eigenvalue weighted by Gasteiger charge is -2.28. The van der Waals surface area contributed by atoms with Crippen LogP contribution in [0.25, 0.3) is 0 Å². The van der Waals surface area contributed by atoms with E-state index < -0.39 is 48.4 Å². The molecule has 0 radical (unpaired) electrons. The summed E-state index contributed by atoms with van der Waals surface area (Å²) in [6.07, 6.45) is -10.7. The van der Waals surface area contributed by atoms with E-state index in [9.17, 15) is 35.1 Å². The van der Waals surface area contributed by atoms with E-state index in [2.05, 4.69) is 4.74 Å². The lowest BCUT2D eigenvalue weighted by Crippen LogP contribution is -2.40. The summed E-state index contributed by atoms with van der Waals surface area (Å²) in [5, 5.41) is 0. The Morgan fingerprint density at radius 2 is 1.60 bits per heavy atom. The molecule has 2 aliphatic rings. The molecule has 0 aliphatic heterocycles. The number of alkyl halides is 8. The average Bonchev–Trinajstić information content (AvgIpc) is 2.82. The molecule has 116 valence electrons. The van der Waals surface area contributed by atoms with Crippen LogP contribution in [-0.4, -0.2) is 31.0 Å². The van der Waals surface area contributed by atoms with Gasteiger partial charge in [-0.1, -0.05) is 6.08 Å². The van der Waals surface area contributed by atoms with Gasteiger partial charge >= 0.3 is 18.3 Å². The first-order valence-electron chi connectivity index (χ1n) is 5.77. The Balaban J connectivity index is 2.05. The van der Waals surface area contributed by atoms with Crippen molar-refractivity contribution in [3.05, 3.63) is 11.6 Å². The summed E-state index contributed by atoms with van der Waals surface area (Å²) in [4.78, 5) is 0. The van der Waals surface area contributed by atoms with E-state index >= 15 is 0 Å². The standard InChI is InChI=1S/C11H10F8O/c12-9(13,14)4-20-8-3-5-1-6(8)2-7(5)10(15,16)11(17,18)19/h2,5-6,8H,1,3-4H2/t5-,6-,8+/m0/s1. The summed E-state index contributed by atoms with van der Waals surface area (Å²) in [5.41, 5.74) is -1.04. The summed E-state index contributed by atoms with van der Waals surface area (Å²) < 4.78 is 104. The molecule has 0 aromatic heterocycles. The van der Waals surface area contributed by atoms with E-state index in [1.165, 1.54) is 0 Å². The van der Waals surface area contributed by atoms with Crippen LogP contribution in [0.1, 0.15) is 12.8 Å². The minimum Gasteiger partial charge on any atom is -0.368 e. The summed E-state index contributed by atoms with van der Waals surface area (Å²) in [6.45, 7) is -1.53. The third-order valence-electron chi connectivity index (χ3n) is 3.56. The minimum absolute atomic E-state index is 0.0243. The van der Waals surface area contributed by atoms with Crippen molar-refractivity contribution < 1.29 is 39.9 Å². The van der Waals surface area contributed by atoms with Crippen molar-refractivity contribution in [1.29, 1.82) is 0 Å². The highest BCUT2D eigenvalue weighted by Gasteiger charge is 2.63. The molecule has 20 heavy (non-hydrogen) atoms. The smallest absolute Gasteiger partial charge is 0.368 e. The molecule has 0 aromatic carbocycles. The molecule has 0 amide bonds. The van der Waals surface area contributed by atoms with Gasteiger partial charge < -0.3 is 4.74 Å². The van der Waals surface area contributed by atoms with Gasteiger partial charge in [0, 0.05) is 11.5 Å². The summed E-state index contributed by atoms with van der Waals surface area (Å²) in [7, 11) is 0. The van der Waals surface area contributed by atoms with Crippen LogP contribution < -0.4 is 0 Å². The Morgan fingerprint density at radius 3 is 2.00 bits per heavy atom. The molecule has 0 heterocycles. The number of fused-ring (bicyclic) bond motifs is 2. The maximum atomic E-state index is 13.2. The zero-order valence-electron chi connectivity index (χ0n) is 9.86. The van der Waals surface area contributed by atoms with E-state index in [0.29, 0.717) is 0 Å². The largest absolute Gasteiger partial charge is 0.457 e. The lowest BCUT2D eigenvalue weighted by molar-refractivity contribution is -0.266. The zero-order valence-corrected chi connectivity index (χ0v) is 9.86. The van der Waals surface area contributed by atoms with Crippen LogP contribution >= 0.6 is 0 Å². The number of hydrogen-bond acceptors (Lipinski definition) is 1. The molecule has 0 spiro atoms. The van der Waals surface area contributed by atoms with Crippen LogP contribution in [0.15, 0.2) is 11.6 Å². The van der Waals surface area contributed by atoms with E-state index in [0.717, 1.165) is 6.08 Å². The molecule has 2 rings (SSSR count). The maximum absolute atomic E-state index is 13.2. The molecule has 1 nitrogen and oxygen atoms in total. The second kappa shape index (κ2) is 4.57. The Hall–Kier alpha value is -0.860. The Bertz CT molecular complexity index is 408. The fraction of sp³-hybridized carbons (Fsp3) is 0.818. The molecule has 9 heteroatoms. The number of rotatable bonds is 3. The van der Waals surface area contributed by atoms with Crippen molar-refractivity contribution in [2.45, 2.75) is 37.2 Å². The molecular formula is C11H10F8O. The molecule has 2 bridgehead atoms. The first-order valence-corrected chi connectivity index (χ1v) is 5.77. The second-order valence-electron chi connectivity index (χ2n) is 4.99. The zero-order chi connectivity index (χ0) is 15.3. The highest BCUT2D eigenvalue weighted by atomic mass is 19.4. The van der Waals surface area contributed by atoms with E-state index in [1.54, 1.807) is 0 Å². The first kappa shape index (κ1) is 15.5. The van der Waals surface area contributed by atoms with Crippen LogP contribution in [0, 0.1) is 11.8 Å². The van der Waals surface area contributed by atoms with E-state index in [-0.39, 0.29) is 12.8 Å². The molecule has 0 saturated heterocycles. The van der Waals surface area contributed by atoms with E-state index in [4.69, 9.17) is 0 Å². The first-order chi connectivity index (χ1) is 8.92. The normalized spacial score (nSPS) is 30.8. The Labute approximate surface area is 108 Å². The molecule has 2 aliphatic carbocycles. The number of halogens is 8. The fourth-order valence-electron chi connectivity index (χ4n) is 2.75. The van der Waals surface area contributed by atoms with Crippen LogP contribution in [-0.2, 0) is 4.74 Å². The quantitative estimate of drug-likeness (QED) is 0.563. The molecule has 3 atom stereocenters. The van der Waals surface area contributed by atoms with E-state index in [1.807, 2.05) is 0 Å². The Morgan fingerprint density at radius 1 is 1.00 bits per heavy atom. The van der Waals surface area contributed by atoms with Gasteiger partial charge in [-0.3, -0.25) is 0 Å². The van der Waals surface area contributed by atoms with Crippen LogP contribution in [0.4, 0.5) is 35.1 Å². The third-order valence-corrected chi connectivity index (χ3v) is 3.56. The molecular weight excluding hydrogens is 300 g/mol. The maximum Gasteiger partial charge on any atom is 0.457 e.